The van der Waals surface area contributed by atoms with Gasteiger partial charge in [-0.05, 0) is 51.3 Å². The lowest BCUT2D eigenvalue weighted by atomic mass is 10.1. The Morgan fingerprint density at radius 1 is 0.893 bits per heavy atom. The first kappa shape index (κ1) is 19.4. The van der Waals surface area contributed by atoms with Crippen LogP contribution in [-0.4, -0.2) is 71.8 Å². The minimum Gasteiger partial charge on any atom is -0.339 e. The second-order valence-corrected chi connectivity index (χ2v) is 9.05. The van der Waals surface area contributed by atoms with Crippen molar-refractivity contribution in [1.82, 2.24) is 14.7 Å². The Morgan fingerprint density at radius 3 is 2.25 bits per heavy atom. The van der Waals surface area contributed by atoms with Gasteiger partial charge in [-0.1, -0.05) is 0 Å². The summed E-state index contributed by atoms with van der Waals surface area (Å²) in [7, 11) is 0. The van der Waals surface area contributed by atoms with E-state index in [9.17, 15) is 9.59 Å². The molecule has 0 N–H and O–H groups in total. The maximum Gasteiger partial charge on any atom is 0.255 e. The van der Waals surface area contributed by atoms with Crippen molar-refractivity contribution >= 4 is 33.2 Å². The number of likely N-dealkylation sites (tertiary alicyclic amines) is 1. The van der Waals surface area contributed by atoms with Gasteiger partial charge in [-0.25, -0.2) is 0 Å². The van der Waals surface area contributed by atoms with E-state index in [0.29, 0.717) is 11.6 Å². The van der Waals surface area contributed by atoms with Gasteiger partial charge >= 0.3 is 0 Å². The molecule has 4 rings (SSSR count). The molecular formula is C22H29N3O2S. The van der Waals surface area contributed by atoms with Crippen molar-refractivity contribution in [1.29, 1.82) is 0 Å². The smallest absolute Gasteiger partial charge is 0.255 e. The zero-order chi connectivity index (χ0) is 19.7. The monoisotopic (exact) mass is 399 g/mol. The van der Waals surface area contributed by atoms with E-state index in [0.717, 1.165) is 67.8 Å². The minimum atomic E-state index is 0.0767. The van der Waals surface area contributed by atoms with E-state index in [4.69, 9.17) is 0 Å². The second-order valence-electron chi connectivity index (χ2n) is 8.14. The molecule has 2 saturated heterocycles. The van der Waals surface area contributed by atoms with E-state index in [-0.39, 0.29) is 11.8 Å². The third-order valence-electron chi connectivity index (χ3n) is 6.03. The number of nitrogens with zero attached hydrogens (tertiary/aromatic N) is 3. The molecule has 2 amide bonds. The summed E-state index contributed by atoms with van der Waals surface area (Å²) < 4.78 is 1.07. The fraction of sp³-hybridized carbons (Fsp3) is 0.545. The lowest BCUT2D eigenvalue weighted by molar-refractivity contribution is 0.0595. The number of piperidine rings is 1. The van der Waals surface area contributed by atoms with Crippen LogP contribution in [0.15, 0.2) is 23.6 Å². The van der Waals surface area contributed by atoms with Gasteiger partial charge < -0.3 is 9.80 Å². The van der Waals surface area contributed by atoms with E-state index < -0.39 is 0 Å². The summed E-state index contributed by atoms with van der Waals surface area (Å²) in [6, 6.07) is 6.35. The highest BCUT2D eigenvalue weighted by Crippen LogP contribution is 2.29. The fourth-order valence-electron chi connectivity index (χ4n) is 4.22. The van der Waals surface area contributed by atoms with Crippen molar-refractivity contribution < 1.29 is 9.59 Å². The van der Waals surface area contributed by atoms with Crippen LogP contribution < -0.4 is 0 Å². The molecule has 0 atom stereocenters. The molecule has 0 saturated carbocycles. The SMILES string of the molecule is CC(C)N1CCN(C(=O)c2ccc3scc(C(=O)N4CCCCC4)c3c2)CC1. The fourth-order valence-corrected chi connectivity index (χ4v) is 5.13. The average Bonchev–Trinajstić information content (AvgIpc) is 3.16. The Morgan fingerprint density at radius 2 is 1.57 bits per heavy atom. The van der Waals surface area contributed by atoms with Crippen LogP contribution >= 0.6 is 11.3 Å². The normalized spacial score (nSPS) is 18.8. The zero-order valence-corrected chi connectivity index (χ0v) is 17.6. The molecule has 0 radical (unpaired) electrons. The van der Waals surface area contributed by atoms with Crippen molar-refractivity contribution in [3.8, 4) is 0 Å². The third-order valence-corrected chi connectivity index (χ3v) is 6.99. The number of hydrogen-bond donors (Lipinski definition) is 0. The van der Waals surface area contributed by atoms with Crippen LogP contribution in [0.25, 0.3) is 10.1 Å². The summed E-state index contributed by atoms with van der Waals surface area (Å²) in [4.78, 5) is 32.3. The molecule has 28 heavy (non-hydrogen) atoms. The lowest BCUT2D eigenvalue weighted by Gasteiger charge is -2.37. The van der Waals surface area contributed by atoms with E-state index in [1.54, 1.807) is 11.3 Å². The van der Waals surface area contributed by atoms with Gasteiger partial charge in [0.15, 0.2) is 0 Å². The van der Waals surface area contributed by atoms with E-state index >= 15 is 0 Å². The molecule has 0 bridgehead atoms. The van der Waals surface area contributed by atoms with Crippen molar-refractivity contribution in [2.24, 2.45) is 0 Å². The van der Waals surface area contributed by atoms with Crippen LogP contribution in [0.3, 0.4) is 0 Å². The first-order valence-electron chi connectivity index (χ1n) is 10.4. The first-order valence-corrected chi connectivity index (χ1v) is 11.3. The maximum absolute atomic E-state index is 13.0. The number of carbonyl (C=O) groups is 2. The second kappa shape index (κ2) is 8.21. The van der Waals surface area contributed by atoms with Crippen LogP contribution in [0.1, 0.15) is 53.8 Å². The largest absolute Gasteiger partial charge is 0.339 e. The number of carbonyl (C=O) groups excluding carboxylic acids is 2. The van der Waals surface area contributed by atoms with E-state index in [2.05, 4.69) is 18.7 Å². The standard InChI is InChI=1S/C22H29N3O2S/c1-16(2)23-10-12-25(13-11-23)21(26)17-6-7-20-18(14-17)19(15-28-20)22(27)24-8-4-3-5-9-24/h6-7,14-16H,3-5,8-13H2,1-2H3. The third kappa shape index (κ3) is 3.80. The molecule has 0 unspecified atom stereocenters. The van der Waals surface area contributed by atoms with Crippen LogP contribution in [0.4, 0.5) is 0 Å². The van der Waals surface area contributed by atoms with Gasteiger partial charge in [-0.2, -0.15) is 0 Å². The predicted molar refractivity (Wildman–Crippen MR) is 114 cm³/mol. The van der Waals surface area contributed by atoms with E-state index in [1.807, 2.05) is 33.4 Å². The first-order chi connectivity index (χ1) is 13.5. The van der Waals surface area contributed by atoms with Crippen LogP contribution in [0.2, 0.25) is 0 Å². The van der Waals surface area contributed by atoms with Crippen molar-refractivity contribution in [3.63, 3.8) is 0 Å². The maximum atomic E-state index is 13.0. The topological polar surface area (TPSA) is 43.9 Å². The molecule has 0 spiro atoms. The predicted octanol–water partition coefficient (Wildman–Crippen LogP) is 3.69. The summed E-state index contributed by atoms with van der Waals surface area (Å²) in [6.07, 6.45) is 3.37. The summed E-state index contributed by atoms with van der Waals surface area (Å²) in [5.74, 6) is 0.189. The molecule has 1 aromatic carbocycles. The minimum absolute atomic E-state index is 0.0767. The average molecular weight is 400 g/mol. The highest BCUT2D eigenvalue weighted by Gasteiger charge is 2.25. The number of piperazine rings is 1. The van der Waals surface area contributed by atoms with Crippen LogP contribution in [0, 0.1) is 0 Å². The molecule has 2 aliphatic rings. The molecular weight excluding hydrogens is 370 g/mol. The van der Waals surface area contributed by atoms with Gasteiger partial charge in [0.2, 0.25) is 0 Å². The molecule has 6 heteroatoms. The molecule has 2 aromatic rings. The molecule has 2 aliphatic heterocycles. The highest BCUT2D eigenvalue weighted by atomic mass is 32.1. The molecule has 2 fully saturated rings. The van der Waals surface area contributed by atoms with Crippen molar-refractivity contribution in [2.45, 2.75) is 39.2 Å². The summed E-state index contributed by atoms with van der Waals surface area (Å²) in [5, 5.41) is 2.88. The summed E-state index contributed by atoms with van der Waals surface area (Å²) in [5.41, 5.74) is 1.44. The van der Waals surface area contributed by atoms with Crippen LogP contribution in [0.5, 0.6) is 0 Å². The van der Waals surface area contributed by atoms with Gasteiger partial charge in [-0.15, -0.1) is 11.3 Å². The number of hydrogen-bond acceptors (Lipinski definition) is 4. The van der Waals surface area contributed by atoms with Crippen molar-refractivity contribution in [3.05, 3.63) is 34.7 Å². The van der Waals surface area contributed by atoms with Gasteiger partial charge in [0.05, 0.1) is 5.56 Å². The molecule has 5 nitrogen and oxygen atoms in total. The van der Waals surface area contributed by atoms with Gasteiger partial charge in [0.1, 0.15) is 0 Å². The Kier molecular flexibility index (Phi) is 5.69. The lowest BCUT2D eigenvalue weighted by Crippen LogP contribution is -2.50. The van der Waals surface area contributed by atoms with Crippen molar-refractivity contribution in [2.75, 3.05) is 39.3 Å². The van der Waals surface area contributed by atoms with Crippen LogP contribution in [-0.2, 0) is 0 Å². The summed E-state index contributed by atoms with van der Waals surface area (Å²) >= 11 is 1.59. The molecule has 150 valence electrons. The van der Waals surface area contributed by atoms with Gasteiger partial charge in [0, 0.05) is 66.3 Å². The zero-order valence-electron chi connectivity index (χ0n) is 16.8. The van der Waals surface area contributed by atoms with Gasteiger partial charge in [-0.3, -0.25) is 14.5 Å². The molecule has 3 heterocycles. The Balaban J connectivity index is 1.54. The summed E-state index contributed by atoms with van der Waals surface area (Å²) in [6.45, 7) is 9.44. The molecule has 0 aliphatic carbocycles. The number of benzene rings is 1. The van der Waals surface area contributed by atoms with E-state index in [1.165, 1.54) is 6.42 Å². The Hall–Kier alpha value is -1.92. The number of rotatable bonds is 3. The molecule has 1 aromatic heterocycles. The number of fused-ring (bicyclic) bond motifs is 1. The number of amides is 2. The van der Waals surface area contributed by atoms with Gasteiger partial charge in [0.25, 0.3) is 11.8 Å². The Bertz CT molecular complexity index is 862. The highest BCUT2D eigenvalue weighted by molar-refractivity contribution is 7.17. The number of thiophene rings is 1. The Labute approximate surface area is 170 Å². The quantitative estimate of drug-likeness (QED) is 0.791.